The van der Waals surface area contributed by atoms with Crippen LogP contribution in [-0.2, 0) is 16.6 Å². The third-order valence-electron chi connectivity index (χ3n) is 5.84. The lowest BCUT2D eigenvalue weighted by Gasteiger charge is -2.34. The summed E-state index contributed by atoms with van der Waals surface area (Å²) in [4.78, 5) is 17.1. The summed E-state index contributed by atoms with van der Waals surface area (Å²) in [6.45, 7) is 4.14. The van der Waals surface area contributed by atoms with Crippen LogP contribution in [0.3, 0.4) is 0 Å². The van der Waals surface area contributed by atoms with Crippen molar-refractivity contribution in [1.29, 1.82) is 0 Å². The Labute approximate surface area is 193 Å². The van der Waals surface area contributed by atoms with Crippen molar-refractivity contribution in [2.75, 3.05) is 39.3 Å². The minimum Gasteiger partial charge on any atom is -0.336 e. The van der Waals surface area contributed by atoms with Crippen molar-refractivity contribution in [2.24, 2.45) is 0 Å². The molecule has 166 valence electrons. The number of hydrogen-bond acceptors (Lipinski definition) is 4. The van der Waals surface area contributed by atoms with Crippen LogP contribution in [-0.4, -0.2) is 67.7 Å². The standard InChI is InChI=1S/C22H25Cl2N3O3S/c23-19-7-4-8-20(21(19)24)31(29,30)27-13-11-26(12-14-27)22(28)18-6-3-5-17(15-18)16-25-9-1-2-10-25/h3-8,15H,1-2,9-14,16H2. The molecule has 0 unspecified atom stereocenters. The molecule has 0 saturated carbocycles. The van der Waals surface area contributed by atoms with Crippen LogP contribution in [0.1, 0.15) is 28.8 Å². The number of hydrogen-bond donors (Lipinski definition) is 0. The number of likely N-dealkylation sites (tertiary alicyclic amines) is 1. The first-order valence-corrected chi connectivity index (χ1v) is 12.6. The lowest BCUT2D eigenvalue weighted by atomic mass is 10.1. The largest absolute Gasteiger partial charge is 0.336 e. The van der Waals surface area contributed by atoms with Gasteiger partial charge in [-0.1, -0.05) is 41.4 Å². The molecule has 0 radical (unpaired) electrons. The Morgan fingerprint density at radius 3 is 2.29 bits per heavy atom. The van der Waals surface area contributed by atoms with Crippen molar-refractivity contribution in [2.45, 2.75) is 24.3 Å². The van der Waals surface area contributed by atoms with Crippen LogP contribution in [0.4, 0.5) is 0 Å². The van der Waals surface area contributed by atoms with Crippen LogP contribution in [0.2, 0.25) is 10.0 Å². The number of piperazine rings is 1. The lowest BCUT2D eigenvalue weighted by Crippen LogP contribution is -2.50. The van der Waals surface area contributed by atoms with E-state index in [9.17, 15) is 13.2 Å². The van der Waals surface area contributed by atoms with Gasteiger partial charge in [0.05, 0.1) is 10.0 Å². The van der Waals surface area contributed by atoms with Gasteiger partial charge >= 0.3 is 0 Å². The molecule has 2 heterocycles. The number of sulfonamides is 1. The van der Waals surface area contributed by atoms with Crippen LogP contribution < -0.4 is 0 Å². The molecule has 2 fully saturated rings. The lowest BCUT2D eigenvalue weighted by molar-refractivity contribution is 0.0697. The van der Waals surface area contributed by atoms with Crippen molar-refractivity contribution in [3.05, 3.63) is 63.6 Å². The first-order chi connectivity index (χ1) is 14.9. The summed E-state index contributed by atoms with van der Waals surface area (Å²) in [5.41, 5.74) is 1.77. The Balaban J connectivity index is 1.41. The maximum absolute atomic E-state index is 13.0. The Morgan fingerprint density at radius 2 is 1.58 bits per heavy atom. The second-order valence-electron chi connectivity index (χ2n) is 7.93. The minimum atomic E-state index is -3.78. The van der Waals surface area contributed by atoms with Gasteiger partial charge in [-0.3, -0.25) is 9.69 Å². The molecule has 31 heavy (non-hydrogen) atoms. The zero-order valence-corrected chi connectivity index (χ0v) is 19.5. The van der Waals surface area contributed by atoms with Gasteiger partial charge in [-0.05, 0) is 55.8 Å². The van der Waals surface area contributed by atoms with Crippen LogP contribution in [0, 0.1) is 0 Å². The zero-order valence-electron chi connectivity index (χ0n) is 17.1. The molecule has 2 aliphatic rings. The number of amides is 1. The summed E-state index contributed by atoms with van der Waals surface area (Å²) in [5, 5.41) is 0.225. The first-order valence-electron chi connectivity index (χ1n) is 10.4. The number of carbonyl (C=O) groups is 1. The van der Waals surface area contributed by atoms with Crippen LogP contribution in [0.15, 0.2) is 47.4 Å². The van der Waals surface area contributed by atoms with E-state index < -0.39 is 10.0 Å². The predicted molar refractivity (Wildman–Crippen MR) is 122 cm³/mol. The highest BCUT2D eigenvalue weighted by molar-refractivity contribution is 7.89. The van der Waals surface area contributed by atoms with E-state index >= 15 is 0 Å². The molecule has 0 aromatic heterocycles. The van der Waals surface area contributed by atoms with E-state index in [-0.39, 0.29) is 33.9 Å². The van der Waals surface area contributed by atoms with Crippen molar-refractivity contribution in [1.82, 2.24) is 14.1 Å². The first kappa shape index (κ1) is 22.6. The summed E-state index contributed by atoms with van der Waals surface area (Å²) in [5.74, 6) is -0.0684. The van der Waals surface area contributed by atoms with E-state index in [2.05, 4.69) is 4.90 Å². The molecule has 0 bridgehead atoms. The summed E-state index contributed by atoms with van der Waals surface area (Å²) in [7, 11) is -3.78. The van der Waals surface area contributed by atoms with Gasteiger partial charge < -0.3 is 4.90 Å². The van der Waals surface area contributed by atoms with Crippen LogP contribution >= 0.6 is 23.2 Å². The molecule has 2 aromatic rings. The molecule has 0 N–H and O–H groups in total. The molecule has 6 nitrogen and oxygen atoms in total. The third-order valence-corrected chi connectivity index (χ3v) is 8.71. The van der Waals surface area contributed by atoms with Gasteiger partial charge in [0.2, 0.25) is 10.0 Å². The molecule has 2 aromatic carbocycles. The molecule has 4 rings (SSSR count). The second-order valence-corrected chi connectivity index (χ2v) is 10.6. The smallest absolute Gasteiger partial charge is 0.253 e. The Morgan fingerprint density at radius 1 is 0.903 bits per heavy atom. The Hall–Kier alpha value is -1.64. The summed E-state index contributed by atoms with van der Waals surface area (Å²) in [6, 6.07) is 12.3. The second kappa shape index (κ2) is 9.46. The number of halogens is 2. The average Bonchev–Trinajstić information content (AvgIpc) is 3.28. The van der Waals surface area contributed by atoms with Gasteiger partial charge in [0, 0.05) is 38.3 Å². The fourth-order valence-corrected chi connectivity index (χ4v) is 6.30. The summed E-state index contributed by atoms with van der Waals surface area (Å²) < 4.78 is 27.3. The Kier molecular flexibility index (Phi) is 6.89. The fraction of sp³-hybridized carbons (Fsp3) is 0.409. The maximum atomic E-state index is 13.0. The SMILES string of the molecule is O=C(c1cccc(CN2CCCC2)c1)N1CCN(S(=O)(=O)c2cccc(Cl)c2Cl)CC1. The maximum Gasteiger partial charge on any atom is 0.253 e. The predicted octanol–water partition coefficient (Wildman–Crippen LogP) is 3.74. The van der Waals surface area contributed by atoms with Crippen molar-refractivity contribution in [3.8, 4) is 0 Å². The fourth-order valence-electron chi connectivity index (χ4n) is 4.14. The van der Waals surface area contributed by atoms with E-state index in [4.69, 9.17) is 23.2 Å². The third kappa shape index (κ3) is 4.91. The van der Waals surface area contributed by atoms with Crippen LogP contribution in [0.5, 0.6) is 0 Å². The van der Waals surface area contributed by atoms with Crippen molar-refractivity contribution in [3.63, 3.8) is 0 Å². The van der Waals surface area contributed by atoms with Gasteiger partial charge in [0.1, 0.15) is 4.90 Å². The molecule has 2 aliphatic heterocycles. The molecule has 1 amide bonds. The highest BCUT2D eigenvalue weighted by atomic mass is 35.5. The summed E-state index contributed by atoms with van der Waals surface area (Å²) in [6.07, 6.45) is 2.46. The molecule has 0 aliphatic carbocycles. The van der Waals surface area contributed by atoms with E-state index in [1.807, 2.05) is 24.3 Å². The average molecular weight is 482 g/mol. The number of nitrogens with zero attached hydrogens (tertiary/aromatic N) is 3. The molecule has 0 spiro atoms. The highest BCUT2D eigenvalue weighted by Gasteiger charge is 2.32. The van der Waals surface area contributed by atoms with Gasteiger partial charge in [-0.15, -0.1) is 0 Å². The van der Waals surface area contributed by atoms with Gasteiger partial charge in [-0.2, -0.15) is 4.31 Å². The van der Waals surface area contributed by atoms with E-state index in [1.165, 1.54) is 23.2 Å². The number of benzene rings is 2. The van der Waals surface area contributed by atoms with Gasteiger partial charge in [-0.25, -0.2) is 8.42 Å². The van der Waals surface area contributed by atoms with Gasteiger partial charge in [0.15, 0.2) is 0 Å². The van der Waals surface area contributed by atoms with Gasteiger partial charge in [0.25, 0.3) is 5.91 Å². The van der Waals surface area contributed by atoms with Crippen molar-refractivity contribution >= 4 is 39.1 Å². The van der Waals surface area contributed by atoms with E-state index in [1.54, 1.807) is 17.0 Å². The molecule has 0 atom stereocenters. The molecular formula is C22H25Cl2N3O3S. The molecule has 2 saturated heterocycles. The zero-order chi connectivity index (χ0) is 22.0. The minimum absolute atomic E-state index is 0.00365. The summed E-state index contributed by atoms with van der Waals surface area (Å²) >= 11 is 12.1. The number of carbonyl (C=O) groups excluding carboxylic acids is 1. The molecular weight excluding hydrogens is 457 g/mol. The topological polar surface area (TPSA) is 60.9 Å². The molecule has 9 heteroatoms. The van der Waals surface area contributed by atoms with Crippen LogP contribution in [0.25, 0.3) is 0 Å². The Bertz CT molecular complexity index is 1060. The quantitative estimate of drug-likeness (QED) is 0.652. The van der Waals surface area contributed by atoms with Crippen molar-refractivity contribution < 1.29 is 13.2 Å². The monoisotopic (exact) mass is 481 g/mol. The highest BCUT2D eigenvalue weighted by Crippen LogP contribution is 2.31. The van der Waals surface area contributed by atoms with E-state index in [0.29, 0.717) is 18.7 Å². The normalized spacial score (nSPS) is 18.5. The number of rotatable bonds is 5. The van der Waals surface area contributed by atoms with E-state index in [0.717, 1.165) is 25.2 Å².